The molecule has 2 nitrogen and oxygen atoms in total. The second kappa shape index (κ2) is 5.67. The highest BCUT2D eigenvalue weighted by molar-refractivity contribution is 9.10. The predicted molar refractivity (Wildman–Crippen MR) is 72.7 cm³/mol. The number of halogens is 1. The van der Waals surface area contributed by atoms with Crippen LogP contribution in [0.5, 0.6) is 0 Å². The van der Waals surface area contributed by atoms with Crippen LogP contribution in [0, 0.1) is 5.92 Å². The molecule has 0 unspecified atom stereocenters. The van der Waals surface area contributed by atoms with Gasteiger partial charge in [-0.15, -0.1) is 0 Å². The van der Waals surface area contributed by atoms with Crippen LogP contribution in [0.3, 0.4) is 0 Å². The normalized spacial score (nSPS) is 18.0. The third kappa shape index (κ3) is 3.32. The summed E-state index contributed by atoms with van der Waals surface area (Å²) < 4.78 is 1.05. The van der Waals surface area contributed by atoms with Crippen LogP contribution in [0.15, 0.2) is 28.7 Å². The summed E-state index contributed by atoms with van der Waals surface area (Å²) in [5.41, 5.74) is 1.14. The predicted octanol–water partition coefficient (Wildman–Crippen LogP) is 3.82. The van der Waals surface area contributed by atoms with Crippen molar-refractivity contribution in [3.63, 3.8) is 0 Å². The van der Waals surface area contributed by atoms with Gasteiger partial charge in [-0.2, -0.15) is 0 Å². The van der Waals surface area contributed by atoms with Crippen molar-refractivity contribution in [3.05, 3.63) is 34.3 Å². The molecule has 1 amide bonds. The number of benzene rings is 1. The number of hydrogen-bond donors (Lipinski definition) is 1. The third-order valence-electron chi connectivity index (χ3n) is 3.43. The van der Waals surface area contributed by atoms with E-state index in [-0.39, 0.29) is 17.9 Å². The minimum Gasteiger partial charge on any atom is -0.349 e. The maximum absolute atomic E-state index is 12.0. The van der Waals surface area contributed by atoms with E-state index in [4.69, 9.17) is 0 Å². The fourth-order valence-corrected chi connectivity index (χ4v) is 2.80. The minimum absolute atomic E-state index is 0.0839. The van der Waals surface area contributed by atoms with Gasteiger partial charge in [0.25, 0.3) is 0 Å². The van der Waals surface area contributed by atoms with Crippen molar-refractivity contribution in [2.24, 2.45) is 5.92 Å². The van der Waals surface area contributed by atoms with Gasteiger partial charge < -0.3 is 5.32 Å². The Morgan fingerprint density at radius 3 is 2.76 bits per heavy atom. The number of hydrogen-bond acceptors (Lipinski definition) is 1. The molecule has 0 saturated heterocycles. The van der Waals surface area contributed by atoms with E-state index >= 15 is 0 Å². The Morgan fingerprint density at radius 2 is 2.12 bits per heavy atom. The highest BCUT2D eigenvalue weighted by Gasteiger charge is 2.23. The van der Waals surface area contributed by atoms with Crippen LogP contribution in [0.4, 0.5) is 0 Å². The van der Waals surface area contributed by atoms with Gasteiger partial charge in [0.05, 0.1) is 6.04 Å². The molecule has 3 heteroatoms. The molecule has 1 aliphatic carbocycles. The van der Waals surface area contributed by atoms with Gasteiger partial charge in [-0.25, -0.2) is 0 Å². The molecular weight excluding hydrogens is 278 g/mol. The summed E-state index contributed by atoms with van der Waals surface area (Å²) in [5, 5.41) is 3.11. The molecule has 1 aromatic carbocycles. The highest BCUT2D eigenvalue weighted by atomic mass is 79.9. The minimum atomic E-state index is 0.0839. The molecule has 0 aromatic heterocycles. The number of nitrogens with one attached hydrogen (secondary N) is 1. The van der Waals surface area contributed by atoms with Crippen molar-refractivity contribution >= 4 is 21.8 Å². The monoisotopic (exact) mass is 295 g/mol. The maximum Gasteiger partial charge on any atom is 0.223 e. The highest BCUT2D eigenvalue weighted by Crippen LogP contribution is 2.26. The SMILES string of the molecule is C[C@@H](NC(=O)C1CCCC1)c1cccc(Br)c1. The first-order valence-electron chi connectivity index (χ1n) is 6.22. The second-order valence-corrected chi connectivity index (χ2v) is 5.68. The van der Waals surface area contributed by atoms with Crippen LogP contribution in [0.2, 0.25) is 0 Å². The molecule has 1 fully saturated rings. The van der Waals surface area contributed by atoms with E-state index in [0.717, 1.165) is 22.9 Å². The first-order chi connectivity index (χ1) is 8.16. The van der Waals surface area contributed by atoms with Gasteiger partial charge in [-0.05, 0) is 37.5 Å². The van der Waals surface area contributed by atoms with Gasteiger partial charge in [0, 0.05) is 10.4 Å². The van der Waals surface area contributed by atoms with Crippen LogP contribution >= 0.6 is 15.9 Å². The zero-order valence-electron chi connectivity index (χ0n) is 10.1. The lowest BCUT2D eigenvalue weighted by Crippen LogP contribution is -2.31. The van der Waals surface area contributed by atoms with E-state index in [1.165, 1.54) is 12.8 Å². The number of carbonyl (C=O) groups is 1. The fourth-order valence-electron chi connectivity index (χ4n) is 2.38. The molecule has 92 valence electrons. The van der Waals surface area contributed by atoms with Gasteiger partial charge >= 0.3 is 0 Å². The van der Waals surface area contributed by atoms with Crippen molar-refractivity contribution in [3.8, 4) is 0 Å². The molecule has 0 aliphatic heterocycles. The van der Waals surface area contributed by atoms with E-state index in [1.807, 2.05) is 25.1 Å². The summed E-state index contributed by atoms with van der Waals surface area (Å²) in [6, 6.07) is 8.18. The summed E-state index contributed by atoms with van der Waals surface area (Å²) in [7, 11) is 0. The van der Waals surface area contributed by atoms with Crippen molar-refractivity contribution in [2.45, 2.75) is 38.6 Å². The van der Waals surface area contributed by atoms with Gasteiger partial charge in [0.15, 0.2) is 0 Å². The molecule has 1 aliphatic rings. The van der Waals surface area contributed by atoms with E-state index in [9.17, 15) is 4.79 Å². The van der Waals surface area contributed by atoms with E-state index in [0.29, 0.717) is 0 Å². The Bertz CT molecular complexity index is 399. The van der Waals surface area contributed by atoms with Gasteiger partial charge in [0.2, 0.25) is 5.91 Å². The van der Waals surface area contributed by atoms with Gasteiger partial charge in [-0.1, -0.05) is 40.9 Å². The largest absolute Gasteiger partial charge is 0.349 e. The summed E-state index contributed by atoms with van der Waals surface area (Å²) >= 11 is 3.45. The van der Waals surface area contributed by atoms with Crippen LogP contribution in [0.25, 0.3) is 0 Å². The third-order valence-corrected chi connectivity index (χ3v) is 3.93. The van der Waals surface area contributed by atoms with Gasteiger partial charge in [0.1, 0.15) is 0 Å². The average molecular weight is 296 g/mol. The molecule has 1 atom stereocenters. The van der Waals surface area contributed by atoms with Crippen molar-refractivity contribution in [1.29, 1.82) is 0 Å². The Morgan fingerprint density at radius 1 is 1.41 bits per heavy atom. The van der Waals surface area contributed by atoms with Crippen LogP contribution in [-0.4, -0.2) is 5.91 Å². The number of amides is 1. The second-order valence-electron chi connectivity index (χ2n) is 4.77. The fraction of sp³-hybridized carbons (Fsp3) is 0.500. The first kappa shape index (κ1) is 12.6. The zero-order chi connectivity index (χ0) is 12.3. The van der Waals surface area contributed by atoms with Crippen molar-refractivity contribution < 1.29 is 4.79 Å². The van der Waals surface area contributed by atoms with Crippen LogP contribution < -0.4 is 5.32 Å². The molecule has 1 saturated carbocycles. The molecular formula is C14H18BrNO. The number of rotatable bonds is 3. The number of carbonyl (C=O) groups excluding carboxylic acids is 1. The first-order valence-corrected chi connectivity index (χ1v) is 7.02. The lowest BCUT2D eigenvalue weighted by molar-refractivity contribution is -0.125. The average Bonchev–Trinajstić information content (AvgIpc) is 2.82. The molecule has 0 bridgehead atoms. The smallest absolute Gasteiger partial charge is 0.223 e. The Kier molecular flexibility index (Phi) is 4.21. The molecule has 1 N–H and O–H groups in total. The summed E-state index contributed by atoms with van der Waals surface area (Å²) in [4.78, 5) is 12.0. The Hall–Kier alpha value is -0.830. The summed E-state index contributed by atoms with van der Waals surface area (Å²) in [6.45, 7) is 2.04. The Balaban J connectivity index is 1.96. The summed E-state index contributed by atoms with van der Waals surface area (Å²) in [6.07, 6.45) is 4.50. The lowest BCUT2D eigenvalue weighted by Gasteiger charge is -2.17. The molecule has 17 heavy (non-hydrogen) atoms. The van der Waals surface area contributed by atoms with E-state index in [1.54, 1.807) is 0 Å². The van der Waals surface area contributed by atoms with Crippen LogP contribution in [0.1, 0.15) is 44.2 Å². The standard InChI is InChI=1S/C14H18BrNO/c1-10(12-7-4-8-13(15)9-12)16-14(17)11-5-2-3-6-11/h4,7-11H,2-3,5-6H2,1H3,(H,16,17)/t10-/m1/s1. The van der Waals surface area contributed by atoms with E-state index < -0.39 is 0 Å². The zero-order valence-corrected chi connectivity index (χ0v) is 11.7. The summed E-state index contributed by atoms with van der Waals surface area (Å²) in [5.74, 6) is 0.458. The molecule has 0 spiro atoms. The maximum atomic E-state index is 12.0. The van der Waals surface area contributed by atoms with Crippen molar-refractivity contribution in [2.75, 3.05) is 0 Å². The Labute approximate surface area is 111 Å². The van der Waals surface area contributed by atoms with E-state index in [2.05, 4.69) is 27.3 Å². The molecule has 1 aromatic rings. The quantitative estimate of drug-likeness (QED) is 0.902. The molecule has 0 radical (unpaired) electrons. The topological polar surface area (TPSA) is 29.1 Å². The van der Waals surface area contributed by atoms with Crippen molar-refractivity contribution in [1.82, 2.24) is 5.32 Å². The van der Waals surface area contributed by atoms with Crippen LogP contribution in [-0.2, 0) is 4.79 Å². The molecule has 0 heterocycles. The molecule has 2 rings (SSSR count). The van der Waals surface area contributed by atoms with Gasteiger partial charge in [-0.3, -0.25) is 4.79 Å². The lowest BCUT2D eigenvalue weighted by atomic mass is 10.0.